The molecule has 1 aromatic heterocycles. The molecule has 5 rings (SSSR count). The summed E-state index contributed by atoms with van der Waals surface area (Å²) in [6.45, 7) is 4.91. The zero-order valence-electron chi connectivity index (χ0n) is 18.0. The van der Waals surface area contributed by atoms with Crippen LogP contribution in [0, 0.1) is 19.7 Å². The number of fused-ring (bicyclic) bond motifs is 1. The van der Waals surface area contributed by atoms with Crippen molar-refractivity contribution < 1.29 is 9.18 Å². The molecule has 1 atom stereocenters. The van der Waals surface area contributed by atoms with Gasteiger partial charge in [0.05, 0.1) is 17.6 Å². The van der Waals surface area contributed by atoms with Crippen LogP contribution in [0.15, 0.2) is 60.7 Å². The molecule has 1 aliphatic heterocycles. The fourth-order valence-electron chi connectivity index (χ4n) is 4.44. The highest BCUT2D eigenvalue weighted by molar-refractivity contribution is 6.31. The standard InChI is InChI=1S/C26H23ClFN3O/c1-16-10-11-19(12-17(16)2)30-14-18(13-25(30)32)26-29-23-8-3-4-9-24(23)31(26)15-20-21(27)6-5-7-22(20)28/h3-12,18H,13-15H2,1-2H3. The first-order valence-corrected chi connectivity index (χ1v) is 11.1. The molecule has 0 spiro atoms. The van der Waals surface area contributed by atoms with Crippen LogP contribution in [-0.4, -0.2) is 22.0 Å². The fourth-order valence-corrected chi connectivity index (χ4v) is 4.66. The van der Waals surface area contributed by atoms with E-state index in [9.17, 15) is 9.18 Å². The van der Waals surface area contributed by atoms with Crippen molar-refractivity contribution in [2.24, 2.45) is 0 Å². The summed E-state index contributed by atoms with van der Waals surface area (Å²) in [7, 11) is 0. The van der Waals surface area contributed by atoms with E-state index in [0.717, 1.165) is 28.1 Å². The normalized spacial score (nSPS) is 16.3. The van der Waals surface area contributed by atoms with Gasteiger partial charge in [0, 0.05) is 35.2 Å². The Balaban J connectivity index is 1.55. The number of hydrogen-bond acceptors (Lipinski definition) is 2. The lowest BCUT2D eigenvalue weighted by Crippen LogP contribution is -2.24. The monoisotopic (exact) mass is 447 g/mol. The van der Waals surface area contributed by atoms with Gasteiger partial charge < -0.3 is 9.47 Å². The molecule has 32 heavy (non-hydrogen) atoms. The maximum atomic E-state index is 14.6. The van der Waals surface area contributed by atoms with Crippen molar-refractivity contribution in [1.29, 1.82) is 0 Å². The molecule has 162 valence electrons. The van der Waals surface area contributed by atoms with Crippen molar-refractivity contribution in [3.63, 3.8) is 0 Å². The van der Waals surface area contributed by atoms with Gasteiger partial charge in [-0.15, -0.1) is 0 Å². The first kappa shape index (κ1) is 20.7. The van der Waals surface area contributed by atoms with Crippen LogP contribution in [0.4, 0.5) is 10.1 Å². The first-order chi connectivity index (χ1) is 15.4. The van der Waals surface area contributed by atoms with Gasteiger partial charge >= 0.3 is 0 Å². The van der Waals surface area contributed by atoms with E-state index >= 15 is 0 Å². The first-order valence-electron chi connectivity index (χ1n) is 10.7. The minimum atomic E-state index is -0.347. The Labute approximate surface area is 191 Å². The minimum Gasteiger partial charge on any atom is -0.323 e. The van der Waals surface area contributed by atoms with Gasteiger partial charge in [-0.2, -0.15) is 0 Å². The van der Waals surface area contributed by atoms with E-state index in [0.29, 0.717) is 23.6 Å². The van der Waals surface area contributed by atoms with Crippen molar-refractivity contribution in [2.75, 3.05) is 11.4 Å². The molecule has 2 heterocycles. The molecule has 3 aromatic carbocycles. The largest absolute Gasteiger partial charge is 0.323 e. The van der Waals surface area contributed by atoms with E-state index in [1.54, 1.807) is 12.1 Å². The lowest BCUT2D eigenvalue weighted by molar-refractivity contribution is -0.117. The number of rotatable bonds is 4. The molecule has 0 aliphatic carbocycles. The summed E-state index contributed by atoms with van der Waals surface area (Å²) in [5, 5.41) is 0.382. The van der Waals surface area contributed by atoms with Crippen LogP contribution in [-0.2, 0) is 11.3 Å². The molecule has 4 nitrogen and oxygen atoms in total. The quantitative estimate of drug-likeness (QED) is 0.384. The third-order valence-electron chi connectivity index (χ3n) is 6.35. The molecule has 1 unspecified atom stereocenters. The highest BCUT2D eigenvalue weighted by Gasteiger charge is 2.35. The van der Waals surface area contributed by atoms with Gasteiger partial charge in [0.15, 0.2) is 0 Å². The average molecular weight is 448 g/mol. The molecule has 0 radical (unpaired) electrons. The third-order valence-corrected chi connectivity index (χ3v) is 6.71. The summed E-state index contributed by atoms with van der Waals surface area (Å²) < 4.78 is 16.6. The SMILES string of the molecule is Cc1ccc(N2CC(c3nc4ccccc4n3Cc3c(F)cccc3Cl)CC2=O)cc1C. The average Bonchev–Trinajstić information content (AvgIpc) is 3.33. The molecule has 6 heteroatoms. The maximum absolute atomic E-state index is 14.6. The maximum Gasteiger partial charge on any atom is 0.227 e. The molecule has 4 aromatic rings. The third kappa shape index (κ3) is 3.56. The van der Waals surface area contributed by atoms with Gasteiger partial charge in [0.25, 0.3) is 0 Å². The Bertz CT molecular complexity index is 1330. The molecule has 1 amide bonds. The van der Waals surface area contributed by atoms with Crippen molar-refractivity contribution in [1.82, 2.24) is 9.55 Å². The van der Waals surface area contributed by atoms with Crippen molar-refractivity contribution in [2.45, 2.75) is 32.7 Å². The molecular formula is C26H23ClFN3O. The second-order valence-corrected chi connectivity index (χ2v) is 8.83. The number of carbonyl (C=O) groups is 1. The number of benzene rings is 3. The van der Waals surface area contributed by atoms with Gasteiger partial charge in [-0.3, -0.25) is 4.79 Å². The van der Waals surface area contributed by atoms with Gasteiger partial charge in [-0.25, -0.2) is 9.37 Å². The summed E-state index contributed by atoms with van der Waals surface area (Å²) in [6.07, 6.45) is 0.362. The summed E-state index contributed by atoms with van der Waals surface area (Å²) >= 11 is 6.33. The van der Waals surface area contributed by atoms with Crippen LogP contribution < -0.4 is 4.90 Å². The van der Waals surface area contributed by atoms with E-state index in [1.807, 2.05) is 45.9 Å². The minimum absolute atomic E-state index is 0.0702. The van der Waals surface area contributed by atoms with Crippen LogP contribution in [0.3, 0.4) is 0 Å². The zero-order chi connectivity index (χ0) is 22.4. The number of halogens is 2. The predicted octanol–water partition coefficient (Wildman–Crippen LogP) is 6.01. The molecule has 0 saturated carbocycles. The number of imidazole rings is 1. The lowest BCUT2D eigenvalue weighted by Gasteiger charge is -2.19. The smallest absolute Gasteiger partial charge is 0.227 e. The Morgan fingerprint density at radius 2 is 1.88 bits per heavy atom. The van der Waals surface area contributed by atoms with Crippen LogP contribution in [0.5, 0.6) is 0 Å². The van der Waals surface area contributed by atoms with Crippen LogP contribution >= 0.6 is 11.6 Å². The highest BCUT2D eigenvalue weighted by atomic mass is 35.5. The lowest BCUT2D eigenvalue weighted by atomic mass is 10.1. The number of aromatic nitrogens is 2. The molecule has 0 N–H and O–H groups in total. The molecule has 1 fully saturated rings. The molecule has 1 saturated heterocycles. The summed E-state index contributed by atoms with van der Waals surface area (Å²) in [5.74, 6) is 0.411. The number of anilines is 1. The fraction of sp³-hybridized carbons (Fsp3) is 0.231. The Morgan fingerprint density at radius 3 is 2.66 bits per heavy atom. The van der Waals surface area contributed by atoms with Crippen molar-refractivity contribution in [3.8, 4) is 0 Å². The van der Waals surface area contributed by atoms with E-state index in [4.69, 9.17) is 16.6 Å². The summed E-state index contributed by atoms with van der Waals surface area (Å²) in [5.41, 5.74) is 5.40. The van der Waals surface area contributed by atoms with E-state index < -0.39 is 0 Å². The predicted molar refractivity (Wildman–Crippen MR) is 126 cm³/mol. The van der Waals surface area contributed by atoms with Gasteiger partial charge in [0.1, 0.15) is 11.6 Å². The second-order valence-electron chi connectivity index (χ2n) is 8.42. The Morgan fingerprint density at radius 1 is 1.06 bits per heavy atom. The van der Waals surface area contributed by atoms with Gasteiger partial charge in [-0.05, 0) is 61.4 Å². The Kier molecular flexibility index (Phi) is 5.22. The Hall–Kier alpha value is -3.18. The summed E-state index contributed by atoms with van der Waals surface area (Å²) in [6, 6.07) is 18.6. The number of hydrogen-bond donors (Lipinski definition) is 0. The summed E-state index contributed by atoms with van der Waals surface area (Å²) in [4.78, 5) is 19.6. The number of carbonyl (C=O) groups excluding carboxylic acids is 1. The van der Waals surface area contributed by atoms with Crippen LogP contribution in [0.1, 0.15) is 34.9 Å². The number of amides is 1. The van der Waals surface area contributed by atoms with Gasteiger partial charge in [-0.1, -0.05) is 35.9 Å². The number of para-hydroxylation sites is 2. The highest BCUT2D eigenvalue weighted by Crippen LogP contribution is 2.35. The van der Waals surface area contributed by atoms with Crippen molar-refractivity contribution >= 4 is 34.2 Å². The molecule has 1 aliphatic rings. The van der Waals surface area contributed by atoms with E-state index in [2.05, 4.69) is 19.9 Å². The van der Waals surface area contributed by atoms with Crippen LogP contribution in [0.25, 0.3) is 11.0 Å². The van der Waals surface area contributed by atoms with Gasteiger partial charge in [0.2, 0.25) is 5.91 Å². The number of aryl methyl sites for hydroxylation is 2. The zero-order valence-corrected chi connectivity index (χ0v) is 18.7. The molecular weight excluding hydrogens is 425 g/mol. The topological polar surface area (TPSA) is 38.1 Å². The van der Waals surface area contributed by atoms with E-state index in [1.165, 1.54) is 11.6 Å². The molecule has 0 bridgehead atoms. The second kappa shape index (κ2) is 8.06. The van der Waals surface area contributed by atoms with E-state index in [-0.39, 0.29) is 24.2 Å². The number of nitrogens with zero attached hydrogens (tertiary/aromatic N) is 3. The van der Waals surface area contributed by atoms with Crippen molar-refractivity contribution in [3.05, 3.63) is 94.0 Å². The van der Waals surface area contributed by atoms with Crippen LogP contribution in [0.2, 0.25) is 5.02 Å².